The highest BCUT2D eigenvalue weighted by Crippen LogP contribution is 2.28. The molecule has 0 saturated carbocycles. The van der Waals surface area contributed by atoms with Crippen LogP contribution in [0.25, 0.3) is 0 Å². The minimum atomic E-state index is -0.536. The van der Waals surface area contributed by atoms with Crippen molar-refractivity contribution in [2.45, 2.75) is 6.61 Å². The van der Waals surface area contributed by atoms with Crippen LogP contribution in [0.1, 0.15) is 21.5 Å². The van der Waals surface area contributed by atoms with Crippen molar-refractivity contribution in [2.75, 3.05) is 40.0 Å². The van der Waals surface area contributed by atoms with Crippen LogP contribution >= 0.6 is 0 Å². The number of amides is 1. The normalized spacial score (nSPS) is 13.3. The summed E-state index contributed by atoms with van der Waals surface area (Å²) in [7, 11) is 1.45. The Kier molecular flexibility index (Phi) is 7.24. The van der Waals surface area contributed by atoms with E-state index in [-0.39, 0.29) is 24.7 Å². The van der Waals surface area contributed by atoms with Crippen molar-refractivity contribution in [3.05, 3.63) is 59.2 Å². The fourth-order valence-corrected chi connectivity index (χ4v) is 2.92. The van der Waals surface area contributed by atoms with E-state index in [1.165, 1.54) is 13.2 Å². The molecule has 1 heterocycles. The van der Waals surface area contributed by atoms with Gasteiger partial charge < -0.3 is 23.8 Å². The maximum Gasteiger partial charge on any atom is 0.338 e. The maximum absolute atomic E-state index is 12.4. The molecule has 0 bridgehead atoms. The van der Waals surface area contributed by atoms with Gasteiger partial charge in [0.1, 0.15) is 6.61 Å². The molecule has 1 aliphatic heterocycles. The molecule has 0 unspecified atom stereocenters. The summed E-state index contributed by atoms with van der Waals surface area (Å²) < 4.78 is 21.4. The molecule has 0 radical (unpaired) electrons. The monoisotopic (exact) mass is 410 g/mol. The highest BCUT2D eigenvalue weighted by atomic mass is 16.5. The number of carbonyl (C=O) groups excluding carboxylic acids is 2. The van der Waals surface area contributed by atoms with Crippen LogP contribution in [0, 0.1) is 11.3 Å². The Morgan fingerprint density at radius 2 is 1.93 bits per heavy atom. The van der Waals surface area contributed by atoms with Gasteiger partial charge in [0.05, 0.1) is 37.5 Å². The second-order valence-electron chi connectivity index (χ2n) is 6.54. The Labute approximate surface area is 174 Å². The summed E-state index contributed by atoms with van der Waals surface area (Å²) in [6, 6.07) is 13.5. The van der Waals surface area contributed by atoms with Crippen molar-refractivity contribution < 1.29 is 28.5 Å². The molecule has 30 heavy (non-hydrogen) atoms. The number of carbonyl (C=O) groups is 2. The van der Waals surface area contributed by atoms with Gasteiger partial charge in [0.2, 0.25) is 0 Å². The van der Waals surface area contributed by atoms with E-state index in [1.807, 2.05) is 6.07 Å². The molecule has 1 fully saturated rings. The molecular weight excluding hydrogens is 388 g/mol. The van der Waals surface area contributed by atoms with E-state index in [9.17, 15) is 9.59 Å². The van der Waals surface area contributed by atoms with Gasteiger partial charge in [0.15, 0.2) is 18.1 Å². The lowest BCUT2D eigenvalue weighted by Crippen LogP contribution is -2.43. The minimum Gasteiger partial charge on any atom is -0.493 e. The minimum absolute atomic E-state index is 0.0446. The number of hydrogen-bond acceptors (Lipinski definition) is 7. The topological polar surface area (TPSA) is 98.1 Å². The molecule has 0 aliphatic carbocycles. The zero-order chi connectivity index (χ0) is 21.3. The van der Waals surface area contributed by atoms with E-state index < -0.39 is 5.97 Å². The van der Waals surface area contributed by atoms with Crippen LogP contribution < -0.4 is 9.47 Å². The summed E-state index contributed by atoms with van der Waals surface area (Å²) in [5.74, 6) is 0.0122. The quantitative estimate of drug-likeness (QED) is 0.645. The Morgan fingerprint density at radius 1 is 1.13 bits per heavy atom. The van der Waals surface area contributed by atoms with E-state index in [2.05, 4.69) is 0 Å². The molecular formula is C22H22N2O6. The number of methoxy groups -OCH3 is 1. The van der Waals surface area contributed by atoms with Crippen LogP contribution in [0.5, 0.6) is 11.5 Å². The van der Waals surface area contributed by atoms with Gasteiger partial charge >= 0.3 is 5.97 Å². The second-order valence-corrected chi connectivity index (χ2v) is 6.54. The summed E-state index contributed by atoms with van der Waals surface area (Å²) in [6.45, 7) is 2.04. The van der Waals surface area contributed by atoms with Crippen LogP contribution in [-0.2, 0) is 20.9 Å². The number of rotatable bonds is 7. The molecule has 1 amide bonds. The zero-order valence-corrected chi connectivity index (χ0v) is 16.6. The Bertz CT molecular complexity index is 947. The van der Waals surface area contributed by atoms with E-state index in [1.54, 1.807) is 41.3 Å². The van der Waals surface area contributed by atoms with Gasteiger partial charge in [-0.2, -0.15) is 5.26 Å². The third kappa shape index (κ3) is 5.49. The Morgan fingerprint density at radius 3 is 2.67 bits per heavy atom. The summed E-state index contributed by atoms with van der Waals surface area (Å²) >= 11 is 0. The molecule has 156 valence electrons. The van der Waals surface area contributed by atoms with E-state index >= 15 is 0 Å². The van der Waals surface area contributed by atoms with E-state index in [4.69, 9.17) is 24.2 Å². The predicted molar refractivity (Wildman–Crippen MR) is 106 cm³/mol. The summed E-state index contributed by atoms with van der Waals surface area (Å²) in [6.07, 6.45) is 0. The standard InChI is InChI=1S/C22H22N2O6/c1-27-20-12-18(22(26)30-14-17-4-2-3-16(11-17)13-23)5-6-19(20)29-15-21(25)24-7-9-28-10-8-24/h2-6,11-12H,7-10,14-15H2,1H3. The van der Waals surface area contributed by atoms with Crippen LogP contribution in [0.15, 0.2) is 42.5 Å². The van der Waals surface area contributed by atoms with Crippen LogP contribution in [0.3, 0.4) is 0 Å². The molecule has 0 aromatic heterocycles. The van der Waals surface area contributed by atoms with Crippen molar-refractivity contribution in [3.8, 4) is 17.6 Å². The van der Waals surface area contributed by atoms with Crippen molar-refractivity contribution >= 4 is 11.9 Å². The van der Waals surface area contributed by atoms with Gasteiger partial charge in [-0.1, -0.05) is 12.1 Å². The predicted octanol–water partition coefficient (Wildman–Crippen LogP) is 2.16. The number of benzene rings is 2. The van der Waals surface area contributed by atoms with Gasteiger partial charge in [0.25, 0.3) is 5.91 Å². The zero-order valence-electron chi connectivity index (χ0n) is 16.6. The van der Waals surface area contributed by atoms with Gasteiger partial charge in [-0.25, -0.2) is 4.79 Å². The van der Waals surface area contributed by atoms with Crippen molar-refractivity contribution in [3.63, 3.8) is 0 Å². The maximum atomic E-state index is 12.4. The number of morpholine rings is 1. The lowest BCUT2D eigenvalue weighted by Gasteiger charge is -2.26. The SMILES string of the molecule is COc1cc(C(=O)OCc2cccc(C#N)c2)ccc1OCC(=O)N1CCOCC1. The molecule has 1 aliphatic rings. The highest BCUT2D eigenvalue weighted by molar-refractivity contribution is 5.90. The first kappa shape index (κ1) is 21.1. The molecule has 0 N–H and O–H groups in total. The lowest BCUT2D eigenvalue weighted by atomic mass is 10.1. The van der Waals surface area contributed by atoms with Crippen molar-refractivity contribution in [1.82, 2.24) is 4.90 Å². The Balaban J connectivity index is 1.59. The molecule has 8 nitrogen and oxygen atoms in total. The summed E-state index contributed by atoms with van der Waals surface area (Å²) in [5, 5.41) is 8.94. The van der Waals surface area contributed by atoms with Gasteiger partial charge in [-0.15, -0.1) is 0 Å². The summed E-state index contributed by atoms with van der Waals surface area (Å²) in [5.41, 5.74) is 1.50. The van der Waals surface area contributed by atoms with Gasteiger partial charge in [0, 0.05) is 13.1 Å². The highest BCUT2D eigenvalue weighted by Gasteiger charge is 2.19. The molecule has 2 aromatic carbocycles. The molecule has 1 saturated heterocycles. The number of nitrogens with zero attached hydrogens (tertiary/aromatic N) is 2. The van der Waals surface area contributed by atoms with Gasteiger partial charge in [-0.05, 0) is 35.9 Å². The smallest absolute Gasteiger partial charge is 0.338 e. The first-order valence-electron chi connectivity index (χ1n) is 9.43. The third-order valence-corrected chi connectivity index (χ3v) is 4.54. The van der Waals surface area contributed by atoms with Gasteiger partial charge in [-0.3, -0.25) is 4.79 Å². The molecule has 0 spiro atoms. The Hall–Kier alpha value is -3.57. The van der Waals surface area contributed by atoms with Crippen LogP contribution in [-0.4, -0.2) is 56.8 Å². The van der Waals surface area contributed by atoms with Crippen LogP contribution in [0.4, 0.5) is 0 Å². The molecule has 2 aromatic rings. The fraction of sp³-hybridized carbons (Fsp3) is 0.318. The van der Waals surface area contributed by atoms with E-state index in [0.717, 1.165) is 5.56 Å². The van der Waals surface area contributed by atoms with Crippen LogP contribution in [0.2, 0.25) is 0 Å². The fourth-order valence-electron chi connectivity index (χ4n) is 2.92. The number of hydrogen-bond donors (Lipinski definition) is 0. The molecule has 8 heteroatoms. The molecule has 3 rings (SSSR count). The average Bonchev–Trinajstić information content (AvgIpc) is 2.81. The first-order valence-corrected chi connectivity index (χ1v) is 9.43. The van der Waals surface area contributed by atoms with Crippen molar-refractivity contribution in [1.29, 1.82) is 5.26 Å². The molecule has 0 atom stereocenters. The average molecular weight is 410 g/mol. The third-order valence-electron chi connectivity index (χ3n) is 4.54. The van der Waals surface area contributed by atoms with Crippen molar-refractivity contribution in [2.24, 2.45) is 0 Å². The number of nitriles is 1. The second kappa shape index (κ2) is 10.3. The van der Waals surface area contributed by atoms with E-state index in [0.29, 0.717) is 43.4 Å². The largest absolute Gasteiger partial charge is 0.493 e. The lowest BCUT2D eigenvalue weighted by molar-refractivity contribution is -0.137. The summed E-state index contributed by atoms with van der Waals surface area (Å²) in [4.78, 5) is 26.3. The number of ether oxygens (including phenoxy) is 4. The number of esters is 1. The first-order chi connectivity index (χ1) is 14.6.